The fourth-order valence-corrected chi connectivity index (χ4v) is 3.01. The van der Waals surface area contributed by atoms with E-state index in [9.17, 15) is 24.1 Å². The molecule has 3 amide bonds. The highest BCUT2D eigenvalue weighted by Crippen LogP contribution is 2.19. The van der Waals surface area contributed by atoms with Crippen molar-refractivity contribution in [3.8, 4) is 0 Å². The Labute approximate surface area is 160 Å². The molecule has 9 heteroatoms. The Hall–Kier alpha value is -3.49. The molecule has 2 aromatic carbocycles. The van der Waals surface area contributed by atoms with Crippen LogP contribution in [0.2, 0.25) is 0 Å². The zero-order valence-electron chi connectivity index (χ0n) is 15.0. The summed E-state index contributed by atoms with van der Waals surface area (Å²) in [5.41, 5.74) is 0.781. The Morgan fingerprint density at radius 3 is 2.25 bits per heavy atom. The van der Waals surface area contributed by atoms with E-state index in [1.165, 1.54) is 30.3 Å². The molecule has 1 aliphatic heterocycles. The summed E-state index contributed by atoms with van der Waals surface area (Å²) in [4.78, 5) is 38.5. The summed E-state index contributed by atoms with van der Waals surface area (Å²) >= 11 is 0. The van der Waals surface area contributed by atoms with E-state index < -0.39 is 4.92 Å². The van der Waals surface area contributed by atoms with Gasteiger partial charge in [-0.1, -0.05) is 18.2 Å². The lowest BCUT2D eigenvalue weighted by atomic mass is 10.1. The molecule has 0 radical (unpaired) electrons. The molecule has 0 saturated carbocycles. The maximum atomic E-state index is 12.9. The van der Waals surface area contributed by atoms with Crippen LogP contribution >= 0.6 is 0 Å². The Bertz CT molecular complexity index is 880. The first-order valence-electron chi connectivity index (χ1n) is 8.75. The number of nitrogens with one attached hydrogen (secondary N) is 1. The largest absolute Gasteiger partial charge is 0.339 e. The van der Waals surface area contributed by atoms with Gasteiger partial charge in [-0.15, -0.1) is 0 Å². The zero-order chi connectivity index (χ0) is 20.1. The van der Waals surface area contributed by atoms with Crippen molar-refractivity contribution in [1.29, 1.82) is 0 Å². The van der Waals surface area contributed by atoms with Crippen LogP contribution in [0.25, 0.3) is 0 Å². The van der Waals surface area contributed by atoms with Gasteiger partial charge in [0, 0.05) is 43.5 Å². The third-order valence-corrected chi connectivity index (χ3v) is 4.55. The van der Waals surface area contributed by atoms with Crippen LogP contribution in [0.15, 0.2) is 48.5 Å². The minimum Gasteiger partial charge on any atom is -0.339 e. The Balaban J connectivity index is 1.53. The number of nitro groups is 1. The highest BCUT2D eigenvalue weighted by molar-refractivity contribution is 5.89. The van der Waals surface area contributed by atoms with E-state index in [4.69, 9.17) is 0 Å². The summed E-state index contributed by atoms with van der Waals surface area (Å²) in [7, 11) is 0. The summed E-state index contributed by atoms with van der Waals surface area (Å²) in [6.45, 7) is 1.37. The first kappa shape index (κ1) is 19.3. The number of benzene rings is 2. The van der Waals surface area contributed by atoms with Crippen molar-refractivity contribution >= 4 is 23.3 Å². The van der Waals surface area contributed by atoms with Crippen molar-refractivity contribution in [2.24, 2.45) is 0 Å². The summed E-state index contributed by atoms with van der Waals surface area (Å²) < 4.78 is 12.9. The summed E-state index contributed by atoms with van der Waals surface area (Å²) in [5, 5.41) is 13.8. The minimum atomic E-state index is -0.500. The number of hydrogen-bond donors (Lipinski definition) is 1. The van der Waals surface area contributed by atoms with Crippen LogP contribution in [0.1, 0.15) is 5.56 Å². The monoisotopic (exact) mass is 386 g/mol. The quantitative estimate of drug-likeness (QED) is 0.645. The maximum absolute atomic E-state index is 12.9. The lowest BCUT2D eigenvalue weighted by Gasteiger charge is -2.34. The number of piperazine rings is 1. The molecule has 2 aromatic rings. The molecular formula is C19H19FN4O4. The van der Waals surface area contributed by atoms with Crippen molar-refractivity contribution in [2.75, 3.05) is 31.5 Å². The van der Waals surface area contributed by atoms with Gasteiger partial charge in [-0.3, -0.25) is 14.9 Å². The van der Waals surface area contributed by atoms with E-state index in [2.05, 4.69) is 5.32 Å². The molecule has 0 aliphatic carbocycles. The molecule has 1 saturated heterocycles. The third-order valence-electron chi connectivity index (χ3n) is 4.55. The Morgan fingerprint density at radius 1 is 1.00 bits per heavy atom. The Morgan fingerprint density at radius 2 is 1.61 bits per heavy atom. The molecule has 3 rings (SSSR count). The van der Waals surface area contributed by atoms with E-state index >= 15 is 0 Å². The molecular weight excluding hydrogens is 367 g/mol. The number of halogens is 1. The SMILES string of the molecule is O=C(Cc1ccccc1[N+](=O)[O-])N1CCN(C(=O)Nc2ccc(F)cc2)CC1. The smallest absolute Gasteiger partial charge is 0.321 e. The third kappa shape index (κ3) is 4.61. The molecule has 1 aliphatic rings. The normalized spacial score (nSPS) is 13.9. The number of carbonyl (C=O) groups is 2. The van der Waals surface area contributed by atoms with Gasteiger partial charge in [0.15, 0.2) is 0 Å². The molecule has 28 heavy (non-hydrogen) atoms. The van der Waals surface area contributed by atoms with Gasteiger partial charge < -0.3 is 15.1 Å². The molecule has 0 bridgehead atoms. The van der Waals surface area contributed by atoms with E-state index in [0.29, 0.717) is 37.4 Å². The summed E-state index contributed by atoms with van der Waals surface area (Å²) in [5.74, 6) is -0.600. The van der Waals surface area contributed by atoms with Gasteiger partial charge in [0.1, 0.15) is 5.82 Å². The second-order valence-corrected chi connectivity index (χ2v) is 6.37. The molecule has 1 fully saturated rings. The van der Waals surface area contributed by atoms with Gasteiger partial charge in [0.2, 0.25) is 5.91 Å². The van der Waals surface area contributed by atoms with E-state index in [1.807, 2.05) is 0 Å². The average Bonchev–Trinajstić information content (AvgIpc) is 2.70. The number of rotatable bonds is 4. The van der Waals surface area contributed by atoms with Gasteiger partial charge in [-0.25, -0.2) is 9.18 Å². The summed E-state index contributed by atoms with van der Waals surface area (Å²) in [6, 6.07) is 11.3. The number of para-hydroxylation sites is 1. The first-order valence-corrected chi connectivity index (χ1v) is 8.75. The van der Waals surface area contributed by atoms with Crippen LogP contribution in [-0.4, -0.2) is 52.8 Å². The van der Waals surface area contributed by atoms with Gasteiger partial charge in [-0.2, -0.15) is 0 Å². The molecule has 0 atom stereocenters. The molecule has 0 unspecified atom stereocenters. The second-order valence-electron chi connectivity index (χ2n) is 6.37. The summed E-state index contributed by atoms with van der Waals surface area (Å²) in [6.07, 6.45) is -0.0566. The van der Waals surface area contributed by atoms with E-state index in [0.717, 1.165) is 0 Å². The molecule has 146 valence electrons. The number of urea groups is 1. The predicted molar refractivity (Wildman–Crippen MR) is 100 cm³/mol. The van der Waals surface area contributed by atoms with Gasteiger partial charge in [-0.05, 0) is 24.3 Å². The van der Waals surface area contributed by atoms with Crippen LogP contribution in [0.3, 0.4) is 0 Å². The first-order chi connectivity index (χ1) is 13.4. The van der Waals surface area contributed by atoms with Crippen LogP contribution in [0.5, 0.6) is 0 Å². The number of amides is 3. The van der Waals surface area contributed by atoms with Crippen molar-refractivity contribution in [2.45, 2.75) is 6.42 Å². The van der Waals surface area contributed by atoms with Crippen molar-refractivity contribution < 1.29 is 18.9 Å². The highest BCUT2D eigenvalue weighted by atomic mass is 19.1. The fraction of sp³-hybridized carbons (Fsp3) is 0.263. The van der Waals surface area contributed by atoms with Crippen molar-refractivity contribution in [3.05, 3.63) is 70.0 Å². The standard InChI is InChI=1S/C19H19FN4O4/c20-15-5-7-16(8-6-15)21-19(26)23-11-9-22(10-12-23)18(25)13-14-3-1-2-4-17(14)24(27)28/h1-8H,9-13H2,(H,21,26). The van der Waals surface area contributed by atoms with Crippen LogP contribution in [0.4, 0.5) is 20.6 Å². The average molecular weight is 386 g/mol. The lowest BCUT2D eigenvalue weighted by Crippen LogP contribution is -2.52. The highest BCUT2D eigenvalue weighted by Gasteiger charge is 2.25. The topological polar surface area (TPSA) is 95.8 Å². The van der Waals surface area contributed by atoms with Crippen LogP contribution in [0, 0.1) is 15.9 Å². The number of hydrogen-bond acceptors (Lipinski definition) is 4. The molecule has 8 nitrogen and oxygen atoms in total. The number of nitro benzene ring substituents is 1. The van der Waals surface area contributed by atoms with E-state index in [-0.39, 0.29) is 29.9 Å². The van der Waals surface area contributed by atoms with Gasteiger partial charge in [0.05, 0.1) is 11.3 Å². The molecule has 0 aromatic heterocycles. The van der Waals surface area contributed by atoms with Crippen molar-refractivity contribution in [1.82, 2.24) is 9.80 Å². The number of carbonyl (C=O) groups excluding carboxylic acids is 2. The minimum absolute atomic E-state index is 0.0566. The van der Waals surface area contributed by atoms with Crippen LogP contribution in [-0.2, 0) is 11.2 Å². The van der Waals surface area contributed by atoms with E-state index in [1.54, 1.807) is 28.0 Å². The zero-order valence-corrected chi connectivity index (χ0v) is 15.0. The van der Waals surface area contributed by atoms with Gasteiger partial charge >= 0.3 is 6.03 Å². The predicted octanol–water partition coefficient (Wildman–Crippen LogP) is 2.65. The second kappa shape index (κ2) is 8.47. The fourth-order valence-electron chi connectivity index (χ4n) is 3.01. The van der Waals surface area contributed by atoms with Crippen LogP contribution < -0.4 is 5.32 Å². The molecule has 1 heterocycles. The Kier molecular flexibility index (Phi) is 5.83. The maximum Gasteiger partial charge on any atom is 0.321 e. The number of nitrogens with zero attached hydrogens (tertiary/aromatic N) is 3. The molecule has 0 spiro atoms. The molecule has 1 N–H and O–H groups in total. The number of anilines is 1. The van der Waals surface area contributed by atoms with Gasteiger partial charge in [0.25, 0.3) is 5.69 Å². The lowest BCUT2D eigenvalue weighted by molar-refractivity contribution is -0.385. The van der Waals surface area contributed by atoms with Crippen molar-refractivity contribution in [3.63, 3.8) is 0 Å².